The van der Waals surface area contributed by atoms with Gasteiger partial charge in [-0.2, -0.15) is 0 Å². The summed E-state index contributed by atoms with van der Waals surface area (Å²) in [5.74, 6) is -0.247. The second-order valence-corrected chi connectivity index (χ2v) is 6.17. The van der Waals surface area contributed by atoms with Gasteiger partial charge in [-0.3, -0.25) is 14.9 Å². The number of hydrogen-bond donors (Lipinski definition) is 0. The number of rotatable bonds is 9. The molecule has 0 saturated heterocycles. The normalized spacial score (nSPS) is 10.3. The highest BCUT2D eigenvalue weighted by Gasteiger charge is 2.24. The van der Waals surface area contributed by atoms with Crippen LogP contribution in [0, 0.1) is 10.1 Å². The predicted molar refractivity (Wildman–Crippen MR) is 104 cm³/mol. The Hall–Kier alpha value is -2.95. The van der Waals surface area contributed by atoms with Gasteiger partial charge in [-0.1, -0.05) is 55.8 Å². The first kappa shape index (κ1) is 19.4. The molecule has 0 aliphatic heterocycles. The quantitative estimate of drug-likeness (QED) is 0.346. The van der Waals surface area contributed by atoms with Crippen LogP contribution in [0.3, 0.4) is 0 Å². The van der Waals surface area contributed by atoms with Crippen LogP contribution < -0.4 is 4.90 Å². The van der Waals surface area contributed by atoms with Gasteiger partial charge in [-0.25, -0.2) is 0 Å². The summed E-state index contributed by atoms with van der Waals surface area (Å²) in [5.41, 5.74) is 1.80. The fraction of sp³-hybridized carbons (Fsp3) is 0.286. The maximum absolute atomic E-state index is 13.0. The molecule has 0 aromatic heterocycles. The lowest BCUT2D eigenvalue weighted by Gasteiger charge is -2.23. The van der Waals surface area contributed by atoms with Crippen molar-refractivity contribution >= 4 is 17.3 Å². The van der Waals surface area contributed by atoms with E-state index in [-0.39, 0.29) is 11.6 Å². The van der Waals surface area contributed by atoms with Gasteiger partial charge in [0.05, 0.1) is 4.92 Å². The van der Waals surface area contributed by atoms with Gasteiger partial charge >= 0.3 is 0 Å². The van der Waals surface area contributed by atoms with Gasteiger partial charge in [0.1, 0.15) is 5.69 Å². The molecule has 0 saturated carbocycles. The Morgan fingerprint density at radius 2 is 1.73 bits per heavy atom. The number of carbonyl (C=O) groups is 1. The van der Waals surface area contributed by atoms with Crippen molar-refractivity contribution in [2.75, 3.05) is 11.4 Å². The number of nitrogens with zero attached hydrogens (tertiary/aromatic N) is 2. The first-order chi connectivity index (χ1) is 12.5. The smallest absolute Gasteiger partial charge is 0.292 e. The molecule has 0 N–H and O–H groups in total. The summed E-state index contributed by atoms with van der Waals surface area (Å²) in [7, 11) is 0. The van der Waals surface area contributed by atoms with E-state index in [4.69, 9.17) is 0 Å². The molecule has 1 amide bonds. The van der Waals surface area contributed by atoms with E-state index < -0.39 is 4.92 Å². The van der Waals surface area contributed by atoms with Gasteiger partial charge in [0.25, 0.3) is 11.6 Å². The molecule has 0 radical (unpaired) electrons. The minimum atomic E-state index is -0.452. The second-order valence-electron chi connectivity index (χ2n) is 6.17. The Labute approximate surface area is 154 Å². The molecular formula is C21H24N2O3. The van der Waals surface area contributed by atoms with Gasteiger partial charge in [-0.15, -0.1) is 0 Å². The van der Waals surface area contributed by atoms with Gasteiger partial charge in [0, 0.05) is 18.2 Å². The van der Waals surface area contributed by atoms with E-state index >= 15 is 0 Å². The summed E-state index contributed by atoms with van der Waals surface area (Å²) in [4.78, 5) is 25.5. The van der Waals surface area contributed by atoms with Crippen molar-refractivity contribution in [3.8, 4) is 0 Å². The molecule has 26 heavy (non-hydrogen) atoms. The molecule has 0 spiro atoms. The van der Waals surface area contributed by atoms with Crippen molar-refractivity contribution in [1.29, 1.82) is 0 Å². The van der Waals surface area contributed by atoms with Crippen LogP contribution in [0.2, 0.25) is 0 Å². The molecule has 2 aromatic rings. The molecule has 0 unspecified atom stereocenters. The van der Waals surface area contributed by atoms with Gasteiger partial charge in [0.2, 0.25) is 0 Å². The Balaban J connectivity index is 2.32. The van der Waals surface area contributed by atoms with Crippen molar-refractivity contribution in [2.45, 2.75) is 32.6 Å². The van der Waals surface area contributed by atoms with Crippen molar-refractivity contribution < 1.29 is 9.72 Å². The van der Waals surface area contributed by atoms with E-state index in [1.165, 1.54) is 11.0 Å². The number of amides is 1. The molecule has 5 nitrogen and oxygen atoms in total. The summed E-state index contributed by atoms with van der Waals surface area (Å²) in [6.07, 6.45) is 3.65. The molecule has 136 valence electrons. The Kier molecular flexibility index (Phi) is 7.09. The molecular weight excluding hydrogens is 328 g/mol. The van der Waals surface area contributed by atoms with Crippen LogP contribution in [0.25, 0.3) is 0 Å². The average molecular weight is 352 g/mol. The van der Waals surface area contributed by atoms with E-state index in [9.17, 15) is 14.9 Å². The van der Waals surface area contributed by atoms with Crippen molar-refractivity contribution in [3.05, 3.63) is 82.4 Å². The molecule has 2 aromatic carbocycles. The first-order valence-electron chi connectivity index (χ1n) is 8.81. The van der Waals surface area contributed by atoms with Crippen molar-refractivity contribution in [2.24, 2.45) is 0 Å². The summed E-state index contributed by atoms with van der Waals surface area (Å²) < 4.78 is 0. The molecule has 5 heteroatoms. The summed E-state index contributed by atoms with van der Waals surface area (Å²) >= 11 is 0. The number of para-hydroxylation sites is 2. The lowest BCUT2D eigenvalue weighted by molar-refractivity contribution is -0.384. The number of unbranched alkanes of at least 4 members (excludes halogenated alkanes) is 1. The van der Waals surface area contributed by atoms with Crippen molar-refractivity contribution in [3.63, 3.8) is 0 Å². The predicted octanol–water partition coefficient (Wildman–Crippen LogP) is 5.38. The zero-order valence-corrected chi connectivity index (χ0v) is 15.1. The highest BCUT2D eigenvalue weighted by atomic mass is 16.6. The van der Waals surface area contributed by atoms with Crippen LogP contribution in [0.15, 0.2) is 66.7 Å². The molecule has 0 aliphatic rings. The van der Waals surface area contributed by atoms with E-state index in [0.29, 0.717) is 24.2 Å². The Morgan fingerprint density at radius 1 is 1.08 bits per heavy atom. The topological polar surface area (TPSA) is 63.5 Å². The fourth-order valence-corrected chi connectivity index (χ4v) is 2.74. The molecule has 0 atom stereocenters. The third-order valence-corrected chi connectivity index (χ3v) is 4.21. The molecule has 2 rings (SSSR count). The van der Waals surface area contributed by atoms with Crippen LogP contribution in [-0.2, 0) is 0 Å². The van der Waals surface area contributed by atoms with Gasteiger partial charge in [0.15, 0.2) is 0 Å². The fourth-order valence-electron chi connectivity index (χ4n) is 2.74. The maximum atomic E-state index is 13.0. The number of anilines is 1. The van der Waals surface area contributed by atoms with E-state index in [1.54, 1.807) is 42.5 Å². The third kappa shape index (κ3) is 5.02. The van der Waals surface area contributed by atoms with Crippen molar-refractivity contribution in [1.82, 2.24) is 0 Å². The monoisotopic (exact) mass is 352 g/mol. The highest BCUT2D eigenvalue weighted by molar-refractivity contribution is 6.07. The lowest BCUT2D eigenvalue weighted by atomic mass is 10.1. The van der Waals surface area contributed by atoms with Crippen LogP contribution in [-0.4, -0.2) is 17.4 Å². The Morgan fingerprint density at radius 3 is 2.38 bits per heavy atom. The van der Waals surface area contributed by atoms with Crippen LogP contribution in [0.5, 0.6) is 0 Å². The second kappa shape index (κ2) is 9.51. The summed E-state index contributed by atoms with van der Waals surface area (Å²) in [6.45, 7) is 6.55. The number of nitro groups is 1. The summed E-state index contributed by atoms with van der Waals surface area (Å²) in [5, 5.41) is 11.4. The van der Waals surface area contributed by atoms with E-state index in [0.717, 1.165) is 24.8 Å². The minimum absolute atomic E-state index is 0.0732. The Bertz CT molecular complexity index is 772. The standard InChI is InChI=1S/C21H24N2O3/c1-3-4-10-17(2)15-16-22(21(24)18-11-6-5-7-12-18)19-13-8-9-14-20(19)23(25)26/h5-9,11-14H,2-4,10,15-16H2,1H3. The molecule has 0 aliphatic carbocycles. The average Bonchev–Trinajstić information content (AvgIpc) is 2.67. The third-order valence-electron chi connectivity index (χ3n) is 4.21. The zero-order valence-electron chi connectivity index (χ0n) is 15.1. The largest absolute Gasteiger partial charge is 0.302 e. The van der Waals surface area contributed by atoms with Crippen LogP contribution in [0.1, 0.15) is 43.0 Å². The SMILES string of the molecule is C=C(CCCC)CCN(C(=O)c1ccccc1)c1ccccc1[N+](=O)[O-]. The summed E-state index contributed by atoms with van der Waals surface area (Å²) in [6, 6.07) is 15.2. The van der Waals surface area contributed by atoms with Gasteiger partial charge in [-0.05, 0) is 37.5 Å². The number of carbonyl (C=O) groups excluding carboxylic acids is 1. The zero-order chi connectivity index (χ0) is 18.9. The lowest BCUT2D eigenvalue weighted by Crippen LogP contribution is -2.32. The molecule has 0 fully saturated rings. The number of benzene rings is 2. The molecule has 0 heterocycles. The minimum Gasteiger partial charge on any atom is -0.302 e. The number of hydrogen-bond acceptors (Lipinski definition) is 3. The number of nitro benzene ring substituents is 1. The highest BCUT2D eigenvalue weighted by Crippen LogP contribution is 2.29. The molecule has 0 bridgehead atoms. The van der Waals surface area contributed by atoms with E-state index in [1.807, 2.05) is 6.07 Å². The maximum Gasteiger partial charge on any atom is 0.292 e. The first-order valence-corrected chi connectivity index (χ1v) is 8.81. The van der Waals surface area contributed by atoms with Gasteiger partial charge < -0.3 is 4.90 Å². The van der Waals surface area contributed by atoms with Crippen LogP contribution >= 0.6 is 0 Å². The van der Waals surface area contributed by atoms with Crippen LogP contribution in [0.4, 0.5) is 11.4 Å². The van der Waals surface area contributed by atoms with E-state index in [2.05, 4.69) is 13.5 Å².